The van der Waals surface area contributed by atoms with E-state index in [0.717, 1.165) is 57.1 Å². The summed E-state index contributed by atoms with van der Waals surface area (Å²) in [6, 6.07) is 4.57. The van der Waals surface area contributed by atoms with Crippen LogP contribution >= 0.6 is 11.6 Å². The maximum Gasteiger partial charge on any atom is 0.303 e. The van der Waals surface area contributed by atoms with Crippen molar-refractivity contribution in [3.05, 3.63) is 41.1 Å². The monoisotopic (exact) mass is 574 g/mol. The van der Waals surface area contributed by atoms with Crippen molar-refractivity contribution in [2.45, 2.75) is 76.3 Å². The minimum absolute atomic E-state index is 0.0485. The predicted octanol–water partition coefficient (Wildman–Crippen LogP) is 6.31. The van der Waals surface area contributed by atoms with Crippen molar-refractivity contribution in [1.29, 1.82) is 0 Å². The topological polar surface area (TPSA) is 106 Å². The fraction of sp³-hybridized carbons (Fsp3) is 0.517. The molecule has 2 fully saturated rings. The van der Waals surface area contributed by atoms with Gasteiger partial charge in [0, 0.05) is 24.6 Å². The van der Waals surface area contributed by atoms with E-state index in [9.17, 15) is 18.4 Å². The van der Waals surface area contributed by atoms with Gasteiger partial charge in [0.05, 0.1) is 23.7 Å². The number of aliphatic carboxylic acids is 1. The number of hydrogen-bond acceptors (Lipinski definition) is 5. The summed E-state index contributed by atoms with van der Waals surface area (Å²) >= 11 is 6.11. The Morgan fingerprint density at radius 3 is 2.45 bits per heavy atom. The van der Waals surface area contributed by atoms with E-state index in [4.69, 9.17) is 21.4 Å². The first kappa shape index (κ1) is 28.3. The molecule has 2 heterocycles. The Kier molecular flexibility index (Phi) is 8.54. The summed E-state index contributed by atoms with van der Waals surface area (Å²) < 4.78 is 36.2. The quantitative estimate of drug-likeness (QED) is 0.305. The molecule has 0 saturated heterocycles. The number of carboxylic acids is 1. The number of nitrogens with zero attached hydrogens (tertiary/aromatic N) is 3. The fourth-order valence-corrected chi connectivity index (χ4v) is 6.48. The summed E-state index contributed by atoms with van der Waals surface area (Å²) in [7, 11) is 1.44. The van der Waals surface area contributed by atoms with Crippen LogP contribution in [0.1, 0.15) is 70.3 Å². The van der Waals surface area contributed by atoms with E-state index in [-0.39, 0.29) is 46.8 Å². The van der Waals surface area contributed by atoms with Crippen LogP contribution in [-0.2, 0) is 9.59 Å². The summed E-state index contributed by atoms with van der Waals surface area (Å²) in [5.74, 6) is -2.51. The Labute approximate surface area is 236 Å². The van der Waals surface area contributed by atoms with Gasteiger partial charge in [-0.3, -0.25) is 9.59 Å². The van der Waals surface area contributed by atoms with Gasteiger partial charge >= 0.3 is 5.97 Å². The zero-order chi connectivity index (χ0) is 28.4. The highest BCUT2D eigenvalue weighted by atomic mass is 35.5. The lowest BCUT2D eigenvalue weighted by Gasteiger charge is -2.34. The Bertz CT molecular complexity index is 1400. The molecule has 2 aliphatic rings. The number of carboxylic acid groups (broad SMARTS) is 1. The van der Waals surface area contributed by atoms with E-state index < -0.39 is 23.6 Å². The first-order chi connectivity index (χ1) is 19.2. The molecule has 0 aliphatic heterocycles. The summed E-state index contributed by atoms with van der Waals surface area (Å²) in [6.07, 6.45) is 7.58. The zero-order valence-electron chi connectivity index (χ0n) is 22.3. The molecule has 40 heavy (non-hydrogen) atoms. The van der Waals surface area contributed by atoms with E-state index in [0.29, 0.717) is 29.7 Å². The molecule has 2 aliphatic carbocycles. The van der Waals surface area contributed by atoms with Crippen molar-refractivity contribution in [2.24, 2.45) is 11.8 Å². The fourth-order valence-electron chi connectivity index (χ4n) is 6.34. The number of halogens is 3. The van der Waals surface area contributed by atoms with Crippen LogP contribution in [0.15, 0.2) is 24.3 Å². The molecular weight excluding hydrogens is 542 g/mol. The van der Waals surface area contributed by atoms with Gasteiger partial charge < -0.3 is 19.7 Å². The lowest BCUT2D eigenvalue weighted by Crippen LogP contribution is -2.44. The molecule has 8 nitrogen and oxygen atoms in total. The number of aromatic nitrogens is 3. The third kappa shape index (κ3) is 5.92. The average Bonchev–Trinajstić information content (AvgIpc) is 3.27. The van der Waals surface area contributed by atoms with Crippen LogP contribution in [0.25, 0.3) is 22.4 Å². The van der Waals surface area contributed by atoms with Gasteiger partial charge in [0.2, 0.25) is 11.8 Å². The number of ether oxygens (including phenoxy) is 1. The maximum atomic E-state index is 14.6. The number of nitrogens with one attached hydrogen (secondary N) is 1. The molecule has 5 rings (SSSR count). The van der Waals surface area contributed by atoms with Gasteiger partial charge in [-0.25, -0.2) is 18.7 Å². The number of pyridine rings is 1. The standard InChI is InChI=1S/C29H33ClF2N4O4/c1-40-29-19(11-12-24(30)35-29)27-34-22-14-20(31)21(32)15-23(22)36(27)26(17-5-3-2-4-6-17)28(39)33-18-9-7-16(8-10-18)13-25(37)38/h11-12,14-18,26H,2-10,13H2,1H3,(H,33,39)(H,37,38). The van der Waals surface area contributed by atoms with E-state index in [1.807, 2.05) is 0 Å². The molecule has 0 bridgehead atoms. The summed E-state index contributed by atoms with van der Waals surface area (Å²) in [5.41, 5.74) is 0.974. The highest BCUT2D eigenvalue weighted by Gasteiger charge is 2.37. The molecular formula is C29H33ClF2N4O4. The molecule has 214 valence electrons. The van der Waals surface area contributed by atoms with Crippen molar-refractivity contribution >= 4 is 34.5 Å². The smallest absolute Gasteiger partial charge is 0.303 e. The normalized spacial score (nSPS) is 20.8. The lowest BCUT2D eigenvalue weighted by atomic mass is 9.82. The van der Waals surface area contributed by atoms with E-state index in [1.165, 1.54) is 7.11 Å². The summed E-state index contributed by atoms with van der Waals surface area (Å²) in [6.45, 7) is 0. The number of fused-ring (bicyclic) bond motifs is 1. The van der Waals surface area contributed by atoms with Gasteiger partial charge in [0.15, 0.2) is 11.6 Å². The first-order valence-corrected chi connectivity index (χ1v) is 14.2. The molecule has 0 spiro atoms. The van der Waals surface area contributed by atoms with E-state index in [1.54, 1.807) is 16.7 Å². The SMILES string of the molecule is COc1nc(Cl)ccc1-c1nc2cc(F)c(F)cc2n1C(C(=O)NC1CCC(CC(=O)O)CC1)C1CCCCC1. The van der Waals surface area contributed by atoms with Gasteiger partial charge in [0.25, 0.3) is 0 Å². The van der Waals surface area contributed by atoms with Crippen molar-refractivity contribution < 1.29 is 28.2 Å². The molecule has 1 unspecified atom stereocenters. The molecule has 2 N–H and O–H groups in total. The van der Waals surface area contributed by atoms with Crippen molar-refractivity contribution in [3.8, 4) is 17.3 Å². The van der Waals surface area contributed by atoms with Crippen LogP contribution in [-0.4, -0.2) is 44.7 Å². The minimum Gasteiger partial charge on any atom is -0.481 e. The van der Waals surface area contributed by atoms with Gasteiger partial charge in [-0.1, -0.05) is 30.9 Å². The van der Waals surface area contributed by atoms with Crippen molar-refractivity contribution in [1.82, 2.24) is 19.9 Å². The summed E-state index contributed by atoms with van der Waals surface area (Å²) in [5, 5.41) is 12.6. The van der Waals surface area contributed by atoms with Gasteiger partial charge in [0.1, 0.15) is 17.0 Å². The Balaban J connectivity index is 1.58. The first-order valence-electron chi connectivity index (χ1n) is 13.8. The van der Waals surface area contributed by atoms with Gasteiger partial charge in [-0.15, -0.1) is 0 Å². The predicted molar refractivity (Wildman–Crippen MR) is 146 cm³/mol. The van der Waals surface area contributed by atoms with Crippen LogP contribution in [0, 0.1) is 23.5 Å². The lowest BCUT2D eigenvalue weighted by molar-refractivity contribution is -0.138. The zero-order valence-corrected chi connectivity index (χ0v) is 23.1. The van der Waals surface area contributed by atoms with Gasteiger partial charge in [-0.05, 0) is 62.5 Å². The number of amides is 1. The maximum absolute atomic E-state index is 14.6. The molecule has 1 atom stereocenters. The number of carbonyl (C=O) groups is 2. The second-order valence-corrected chi connectivity index (χ2v) is 11.3. The Morgan fingerprint density at radius 2 is 1.77 bits per heavy atom. The molecule has 1 aromatic carbocycles. The Morgan fingerprint density at radius 1 is 1.07 bits per heavy atom. The van der Waals surface area contributed by atoms with Crippen LogP contribution in [0.2, 0.25) is 5.15 Å². The van der Waals surface area contributed by atoms with Crippen LogP contribution < -0.4 is 10.1 Å². The molecule has 2 aromatic heterocycles. The molecule has 2 saturated carbocycles. The number of methoxy groups -OCH3 is 1. The largest absolute Gasteiger partial charge is 0.481 e. The number of hydrogen-bond donors (Lipinski definition) is 2. The summed E-state index contributed by atoms with van der Waals surface area (Å²) in [4.78, 5) is 34.2. The van der Waals surface area contributed by atoms with E-state index >= 15 is 0 Å². The number of imidazole rings is 1. The number of rotatable bonds is 8. The third-order valence-electron chi connectivity index (χ3n) is 8.29. The molecule has 0 radical (unpaired) electrons. The molecule has 3 aromatic rings. The molecule has 1 amide bonds. The number of benzene rings is 1. The number of carbonyl (C=O) groups excluding carboxylic acids is 1. The van der Waals surface area contributed by atoms with Gasteiger partial charge in [-0.2, -0.15) is 0 Å². The minimum atomic E-state index is -1.03. The highest BCUT2D eigenvalue weighted by Crippen LogP contribution is 2.41. The second kappa shape index (κ2) is 12.1. The van der Waals surface area contributed by atoms with Crippen molar-refractivity contribution in [2.75, 3.05) is 7.11 Å². The van der Waals surface area contributed by atoms with Crippen molar-refractivity contribution in [3.63, 3.8) is 0 Å². The second-order valence-electron chi connectivity index (χ2n) is 10.9. The average molecular weight is 575 g/mol. The van der Waals surface area contributed by atoms with E-state index in [2.05, 4.69) is 15.3 Å². The van der Waals surface area contributed by atoms with Crippen LogP contribution in [0.3, 0.4) is 0 Å². The Hall–Kier alpha value is -3.27. The van der Waals surface area contributed by atoms with Crippen LogP contribution in [0.5, 0.6) is 5.88 Å². The third-order valence-corrected chi connectivity index (χ3v) is 8.50. The van der Waals surface area contributed by atoms with Crippen LogP contribution in [0.4, 0.5) is 8.78 Å². The molecule has 11 heteroatoms. The highest BCUT2D eigenvalue weighted by molar-refractivity contribution is 6.29.